The lowest BCUT2D eigenvalue weighted by Gasteiger charge is -1.95. The fourth-order valence-electron chi connectivity index (χ4n) is 1.32. The Labute approximate surface area is 65.7 Å². The molecule has 0 amide bonds. The molecule has 1 heteroatoms. The van der Waals surface area contributed by atoms with Crippen molar-refractivity contribution in [2.45, 2.75) is 6.92 Å². The number of aryl methyl sites for hydroxylation is 1. The zero-order chi connectivity index (χ0) is 7.68. The van der Waals surface area contributed by atoms with E-state index in [1.54, 1.807) is 0 Å². The average molecular weight is 144 g/mol. The van der Waals surface area contributed by atoms with Gasteiger partial charge in [0.15, 0.2) is 12.4 Å². The SMILES string of the molecule is Cc1cccc2cc[nH+]cc12. The van der Waals surface area contributed by atoms with Gasteiger partial charge in [-0.1, -0.05) is 18.2 Å². The molecule has 54 valence electrons. The van der Waals surface area contributed by atoms with E-state index in [0.717, 1.165) is 0 Å². The van der Waals surface area contributed by atoms with Crippen LogP contribution < -0.4 is 4.98 Å². The molecule has 0 aliphatic carbocycles. The number of aromatic amines is 1. The lowest BCUT2D eigenvalue weighted by molar-refractivity contribution is -0.375. The largest absolute Gasteiger partial charge is 0.217 e. The minimum absolute atomic E-state index is 1.30. The molecular formula is C10H10N+. The number of fused-ring (bicyclic) bond motifs is 1. The van der Waals surface area contributed by atoms with Gasteiger partial charge in [-0.15, -0.1) is 0 Å². The molecule has 2 aromatic rings. The third kappa shape index (κ3) is 0.984. The molecule has 11 heavy (non-hydrogen) atoms. The van der Waals surface area contributed by atoms with Gasteiger partial charge in [-0.2, -0.15) is 0 Å². The van der Waals surface area contributed by atoms with Gasteiger partial charge in [-0.05, 0) is 17.9 Å². The minimum atomic E-state index is 1.30. The number of benzene rings is 1. The first-order valence-electron chi connectivity index (χ1n) is 3.73. The Morgan fingerprint density at radius 2 is 2.09 bits per heavy atom. The summed E-state index contributed by atoms with van der Waals surface area (Å²) in [5.41, 5.74) is 1.32. The Kier molecular flexibility index (Phi) is 1.35. The quantitative estimate of drug-likeness (QED) is 0.536. The van der Waals surface area contributed by atoms with Gasteiger partial charge in [0.05, 0.1) is 0 Å². The van der Waals surface area contributed by atoms with Gasteiger partial charge in [0.25, 0.3) is 0 Å². The van der Waals surface area contributed by atoms with Crippen LogP contribution in [0.5, 0.6) is 0 Å². The summed E-state index contributed by atoms with van der Waals surface area (Å²) in [5, 5.41) is 2.60. The summed E-state index contributed by atoms with van der Waals surface area (Å²) in [4.78, 5) is 3.08. The van der Waals surface area contributed by atoms with E-state index in [1.807, 2.05) is 12.4 Å². The summed E-state index contributed by atoms with van der Waals surface area (Å²) >= 11 is 0. The van der Waals surface area contributed by atoms with Crippen LogP contribution in [0, 0.1) is 6.92 Å². The van der Waals surface area contributed by atoms with Crippen LogP contribution in [-0.2, 0) is 0 Å². The maximum atomic E-state index is 3.08. The number of nitrogens with one attached hydrogen (secondary N) is 1. The molecule has 1 heterocycles. The molecule has 0 radical (unpaired) electrons. The van der Waals surface area contributed by atoms with Crippen molar-refractivity contribution < 1.29 is 4.98 Å². The number of hydrogen-bond donors (Lipinski definition) is 0. The molecule has 2 rings (SSSR count). The zero-order valence-electron chi connectivity index (χ0n) is 6.46. The van der Waals surface area contributed by atoms with E-state index in [-0.39, 0.29) is 0 Å². The van der Waals surface area contributed by atoms with Crippen molar-refractivity contribution in [3.05, 3.63) is 42.2 Å². The van der Waals surface area contributed by atoms with Crippen LogP contribution in [-0.4, -0.2) is 0 Å². The number of hydrogen-bond acceptors (Lipinski definition) is 0. The average Bonchev–Trinajstić information content (AvgIpc) is 2.06. The van der Waals surface area contributed by atoms with E-state index in [4.69, 9.17) is 0 Å². The van der Waals surface area contributed by atoms with Crippen molar-refractivity contribution in [2.75, 3.05) is 0 Å². The van der Waals surface area contributed by atoms with E-state index in [2.05, 4.69) is 36.2 Å². The normalized spacial score (nSPS) is 10.3. The molecule has 1 aromatic carbocycles. The maximum absolute atomic E-state index is 3.08. The molecule has 0 saturated carbocycles. The van der Waals surface area contributed by atoms with E-state index < -0.39 is 0 Å². The molecule has 0 saturated heterocycles. The number of rotatable bonds is 0. The van der Waals surface area contributed by atoms with Crippen LogP contribution in [0.1, 0.15) is 5.56 Å². The molecule has 1 nitrogen and oxygen atoms in total. The predicted octanol–water partition coefficient (Wildman–Crippen LogP) is 1.96. The molecule has 1 N–H and O–H groups in total. The third-order valence-corrected chi connectivity index (χ3v) is 1.94. The van der Waals surface area contributed by atoms with Gasteiger partial charge in [0.2, 0.25) is 0 Å². The van der Waals surface area contributed by atoms with Crippen LogP contribution in [0.4, 0.5) is 0 Å². The summed E-state index contributed by atoms with van der Waals surface area (Å²) in [6.07, 6.45) is 3.98. The molecule has 0 aliphatic heterocycles. The Balaban J connectivity index is 2.91. The Morgan fingerprint density at radius 1 is 1.18 bits per heavy atom. The molecule has 0 bridgehead atoms. The highest BCUT2D eigenvalue weighted by Gasteiger charge is 1.96. The highest BCUT2D eigenvalue weighted by Crippen LogP contribution is 2.14. The summed E-state index contributed by atoms with van der Waals surface area (Å²) in [6, 6.07) is 8.41. The molecule has 0 spiro atoms. The van der Waals surface area contributed by atoms with Gasteiger partial charge in [-0.3, -0.25) is 0 Å². The molecular weight excluding hydrogens is 134 g/mol. The summed E-state index contributed by atoms with van der Waals surface area (Å²) in [6.45, 7) is 2.12. The highest BCUT2D eigenvalue weighted by molar-refractivity contribution is 5.83. The topological polar surface area (TPSA) is 14.1 Å². The number of pyridine rings is 1. The first-order valence-corrected chi connectivity index (χ1v) is 3.73. The Morgan fingerprint density at radius 3 is 2.91 bits per heavy atom. The van der Waals surface area contributed by atoms with Crippen LogP contribution in [0.15, 0.2) is 36.7 Å². The van der Waals surface area contributed by atoms with Crippen molar-refractivity contribution in [1.29, 1.82) is 0 Å². The number of aromatic nitrogens is 1. The Hall–Kier alpha value is -1.37. The Bertz CT molecular complexity index is 374. The minimum Gasteiger partial charge on any atom is -0.217 e. The van der Waals surface area contributed by atoms with Crippen molar-refractivity contribution in [1.82, 2.24) is 0 Å². The van der Waals surface area contributed by atoms with Crippen molar-refractivity contribution in [3.8, 4) is 0 Å². The molecule has 0 fully saturated rings. The van der Waals surface area contributed by atoms with Gasteiger partial charge in [-0.25, -0.2) is 4.98 Å². The highest BCUT2D eigenvalue weighted by atomic mass is 14.6. The van der Waals surface area contributed by atoms with Gasteiger partial charge < -0.3 is 0 Å². The van der Waals surface area contributed by atoms with Crippen LogP contribution >= 0.6 is 0 Å². The molecule has 0 aliphatic rings. The second-order valence-electron chi connectivity index (χ2n) is 2.72. The number of H-pyrrole nitrogens is 1. The van der Waals surface area contributed by atoms with Gasteiger partial charge >= 0.3 is 0 Å². The first-order chi connectivity index (χ1) is 5.38. The smallest absolute Gasteiger partial charge is 0.175 e. The predicted molar refractivity (Wildman–Crippen MR) is 45.2 cm³/mol. The van der Waals surface area contributed by atoms with Crippen molar-refractivity contribution in [2.24, 2.45) is 0 Å². The van der Waals surface area contributed by atoms with Crippen molar-refractivity contribution in [3.63, 3.8) is 0 Å². The van der Waals surface area contributed by atoms with E-state index in [0.29, 0.717) is 0 Å². The fraction of sp³-hybridized carbons (Fsp3) is 0.100. The summed E-state index contributed by atoms with van der Waals surface area (Å²) < 4.78 is 0. The van der Waals surface area contributed by atoms with Crippen LogP contribution in [0.25, 0.3) is 10.8 Å². The van der Waals surface area contributed by atoms with Crippen molar-refractivity contribution >= 4 is 10.8 Å². The summed E-state index contributed by atoms with van der Waals surface area (Å²) in [7, 11) is 0. The van der Waals surface area contributed by atoms with E-state index >= 15 is 0 Å². The van der Waals surface area contributed by atoms with E-state index in [9.17, 15) is 0 Å². The second kappa shape index (κ2) is 2.35. The van der Waals surface area contributed by atoms with Gasteiger partial charge in [0, 0.05) is 11.5 Å². The first kappa shape index (κ1) is 6.35. The zero-order valence-corrected chi connectivity index (χ0v) is 6.46. The monoisotopic (exact) mass is 144 g/mol. The molecule has 1 aromatic heterocycles. The van der Waals surface area contributed by atoms with E-state index in [1.165, 1.54) is 16.3 Å². The standard InChI is InChI=1S/C10H9N/c1-8-3-2-4-9-5-6-11-7-10(8)9/h2-7H,1H3/p+1. The maximum Gasteiger partial charge on any atom is 0.175 e. The lowest BCUT2D eigenvalue weighted by Crippen LogP contribution is -1.97. The molecule has 0 unspecified atom stereocenters. The van der Waals surface area contributed by atoms with Gasteiger partial charge in [0.1, 0.15) is 0 Å². The summed E-state index contributed by atoms with van der Waals surface area (Å²) in [5.74, 6) is 0. The lowest BCUT2D eigenvalue weighted by atomic mass is 10.1. The second-order valence-corrected chi connectivity index (χ2v) is 2.72. The fourth-order valence-corrected chi connectivity index (χ4v) is 1.32. The third-order valence-electron chi connectivity index (χ3n) is 1.94. The molecule has 0 atom stereocenters. The van der Waals surface area contributed by atoms with Crippen LogP contribution in [0.3, 0.4) is 0 Å². The van der Waals surface area contributed by atoms with Crippen LogP contribution in [0.2, 0.25) is 0 Å².